The molecule has 16 heavy (non-hydrogen) atoms. The van der Waals surface area contributed by atoms with Crippen LogP contribution in [-0.4, -0.2) is 18.5 Å². The fourth-order valence-corrected chi connectivity index (χ4v) is 1.67. The van der Waals surface area contributed by atoms with Crippen molar-refractivity contribution >= 4 is 5.97 Å². The summed E-state index contributed by atoms with van der Waals surface area (Å²) >= 11 is 0. The Morgan fingerprint density at radius 3 is 3.00 bits per heavy atom. The number of carbonyl (C=O) groups is 1. The van der Waals surface area contributed by atoms with E-state index < -0.39 is 24.2 Å². The average molecular weight is 229 g/mol. The summed E-state index contributed by atoms with van der Waals surface area (Å²) in [5.74, 6) is -4.25. The molecule has 0 heterocycles. The second-order valence-corrected chi connectivity index (χ2v) is 3.71. The third-order valence-corrected chi connectivity index (χ3v) is 2.48. The Morgan fingerprint density at radius 2 is 2.44 bits per heavy atom. The van der Waals surface area contributed by atoms with Crippen molar-refractivity contribution in [1.82, 2.24) is 0 Å². The van der Waals surface area contributed by atoms with Gasteiger partial charge in [0, 0.05) is 18.9 Å². The molecule has 1 fully saturated rings. The number of allylic oxidation sites excluding steroid dienone is 1. The predicted molar refractivity (Wildman–Crippen MR) is 52.6 cm³/mol. The molecule has 88 valence electrons. The molecule has 1 saturated carbocycles. The minimum absolute atomic E-state index is 0.0735. The fraction of sp³-hybridized carbons (Fsp3) is 0.636. The minimum atomic E-state index is -2.80. The molecule has 0 amide bonds. The summed E-state index contributed by atoms with van der Waals surface area (Å²) in [4.78, 5) is 11.1. The van der Waals surface area contributed by atoms with E-state index in [9.17, 15) is 13.6 Å². The molecule has 1 unspecified atom stereocenters. The van der Waals surface area contributed by atoms with Crippen LogP contribution in [-0.2, 0) is 9.53 Å². The van der Waals surface area contributed by atoms with Crippen LogP contribution < -0.4 is 0 Å². The van der Waals surface area contributed by atoms with E-state index in [1.54, 1.807) is 13.0 Å². The van der Waals surface area contributed by atoms with Gasteiger partial charge in [-0.15, -0.1) is 0 Å². The van der Waals surface area contributed by atoms with E-state index in [1.807, 2.05) is 0 Å². The van der Waals surface area contributed by atoms with Crippen molar-refractivity contribution in [3.05, 3.63) is 11.6 Å². The maximum absolute atomic E-state index is 13.0. The summed E-state index contributed by atoms with van der Waals surface area (Å²) in [6, 6.07) is 1.80. The Bertz CT molecular complexity index is 344. The molecule has 1 atom stereocenters. The topological polar surface area (TPSA) is 50.1 Å². The van der Waals surface area contributed by atoms with Crippen LogP contribution in [0.5, 0.6) is 0 Å². The van der Waals surface area contributed by atoms with E-state index in [0.29, 0.717) is 5.57 Å². The zero-order chi connectivity index (χ0) is 12.2. The van der Waals surface area contributed by atoms with Crippen molar-refractivity contribution < 1.29 is 18.3 Å². The van der Waals surface area contributed by atoms with Gasteiger partial charge in [-0.05, 0) is 18.9 Å². The molecule has 0 aromatic heterocycles. The number of nitrogens with zero attached hydrogens (tertiary/aromatic N) is 1. The van der Waals surface area contributed by atoms with Gasteiger partial charge in [-0.2, -0.15) is 5.26 Å². The quantitative estimate of drug-likeness (QED) is 0.539. The summed E-state index contributed by atoms with van der Waals surface area (Å²) in [5.41, 5.74) is 0.451. The maximum atomic E-state index is 13.0. The van der Waals surface area contributed by atoms with Crippen molar-refractivity contribution in [3.8, 4) is 6.07 Å². The van der Waals surface area contributed by atoms with Gasteiger partial charge in [0.05, 0.1) is 18.6 Å². The first-order valence-corrected chi connectivity index (χ1v) is 5.13. The number of halogens is 2. The first-order chi connectivity index (χ1) is 7.48. The molecule has 0 aromatic rings. The third kappa shape index (κ3) is 3.30. The molecular formula is C11H13F2NO2. The minimum Gasteiger partial charge on any atom is -0.463 e. The Labute approximate surface area is 92.7 Å². The molecule has 0 radical (unpaired) electrons. The van der Waals surface area contributed by atoms with Crippen LogP contribution in [0.25, 0.3) is 0 Å². The SMILES string of the molecule is CCOC(=O)/C=C1\CCC(F)(F)CC1C#N. The van der Waals surface area contributed by atoms with Crippen molar-refractivity contribution in [2.24, 2.45) is 5.92 Å². The van der Waals surface area contributed by atoms with E-state index in [2.05, 4.69) is 4.74 Å². The van der Waals surface area contributed by atoms with Gasteiger partial charge in [-0.1, -0.05) is 0 Å². The zero-order valence-electron chi connectivity index (χ0n) is 9.00. The van der Waals surface area contributed by atoms with Crippen LogP contribution in [0.15, 0.2) is 11.6 Å². The normalized spacial score (nSPS) is 26.1. The van der Waals surface area contributed by atoms with Crippen LogP contribution in [0.1, 0.15) is 26.2 Å². The van der Waals surface area contributed by atoms with Gasteiger partial charge in [-0.3, -0.25) is 0 Å². The highest BCUT2D eigenvalue weighted by Gasteiger charge is 2.39. The summed E-state index contributed by atoms with van der Waals surface area (Å²) in [5, 5.41) is 8.76. The molecule has 0 saturated heterocycles. The Morgan fingerprint density at radius 1 is 1.75 bits per heavy atom. The van der Waals surface area contributed by atoms with Gasteiger partial charge >= 0.3 is 5.97 Å². The molecule has 0 aliphatic heterocycles. The number of rotatable bonds is 2. The second kappa shape index (κ2) is 5.06. The molecule has 1 aliphatic rings. The lowest BCUT2D eigenvalue weighted by atomic mass is 9.82. The van der Waals surface area contributed by atoms with Gasteiger partial charge in [0.2, 0.25) is 5.92 Å². The summed E-state index contributed by atoms with van der Waals surface area (Å²) in [7, 11) is 0. The Hall–Kier alpha value is -1.44. The number of hydrogen-bond donors (Lipinski definition) is 0. The van der Waals surface area contributed by atoms with E-state index in [4.69, 9.17) is 5.26 Å². The molecule has 1 aliphatic carbocycles. The van der Waals surface area contributed by atoms with Crippen molar-refractivity contribution in [2.75, 3.05) is 6.61 Å². The standard InChI is InChI=1S/C11H13F2NO2/c1-2-16-10(15)5-8-3-4-11(12,13)6-9(8)7-14/h5,9H,2-4,6H2,1H3/b8-5+. The lowest BCUT2D eigenvalue weighted by Crippen LogP contribution is -2.27. The van der Waals surface area contributed by atoms with E-state index >= 15 is 0 Å². The number of carbonyl (C=O) groups excluding carboxylic acids is 1. The first-order valence-electron chi connectivity index (χ1n) is 5.13. The fourth-order valence-electron chi connectivity index (χ4n) is 1.67. The smallest absolute Gasteiger partial charge is 0.330 e. The highest BCUT2D eigenvalue weighted by atomic mass is 19.3. The Kier molecular flexibility index (Phi) is 3.99. The van der Waals surface area contributed by atoms with Gasteiger partial charge in [0.1, 0.15) is 0 Å². The molecule has 1 rings (SSSR count). The van der Waals surface area contributed by atoms with Crippen molar-refractivity contribution in [2.45, 2.75) is 32.1 Å². The summed E-state index contributed by atoms with van der Waals surface area (Å²) < 4.78 is 30.7. The molecule has 0 aromatic carbocycles. The molecule has 0 N–H and O–H groups in total. The van der Waals surface area contributed by atoms with Gasteiger partial charge < -0.3 is 4.74 Å². The molecular weight excluding hydrogens is 216 g/mol. The molecule has 0 spiro atoms. The van der Waals surface area contributed by atoms with Crippen LogP contribution >= 0.6 is 0 Å². The van der Waals surface area contributed by atoms with Crippen LogP contribution in [0, 0.1) is 17.2 Å². The number of alkyl halides is 2. The van der Waals surface area contributed by atoms with Gasteiger partial charge in [0.15, 0.2) is 0 Å². The summed E-state index contributed by atoms with van der Waals surface area (Å²) in [6.07, 6.45) is 0.432. The van der Waals surface area contributed by atoms with E-state index in [-0.39, 0.29) is 19.4 Å². The average Bonchev–Trinajstić information content (AvgIpc) is 2.21. The molecule has 3 nitrogen and oxygen atoms in total. The van der Waals surface area contributed by atoms with Crippen LogP contribution in [0.4, 0.5) is 8.78 Å². The lowest BCUT2D eigenvalue weighted by Gasteiger charge is -2.27. The van der Waals surface area contributed by atoms with Crippen molar-refractivity contribution in [3.63, 3.8) is 0 Å². The highest BCUT2D eigenvalue weighted by molar-refractivity contribution is 5.83. The Balaban J connectivity index is 2.75. The zero-order valence-corrected chi connectivity index (χ0v) is 9.00. The predicted octanol–water partition coefficient (Wildman–Crippen LogP) is 2.43. The van der Waals surface area contributed by atoms with Gasteiger partial charge in [0.25, 0.3) is 0 Å². The third-order valence-electron chi connectivity index (χ3n) is 2.48. The number of esters is 1. The van der Waals surface area contributed by atoms with Gasteiger partial charge in [-0.25, -0.2) is 13.6 Å². The highest BCUT2D eigenvalue weighted by Crippen LogP contribution is 2.39. The number of hydrogen-bond acceptors (Lipinski definition) is 3. The summed E-state index contributed by atoms with van der Waals surface area (Å²) in [6.45, 7) is 1.89. The first kappa shape index (κ1) is 12.6. The molecule has 0 bridgehead atoms. The number of ether oxygens (including phenoxy) is 1. The largest absolute Gasteiger partial charge is 0.463 e. The van der Waals surface area contributed by atoms with Crippen LogP contribution in [0.2, 0.25) is 0 Å². The van der Waals surface area contributed by atoms with Crippen molar-refractivity contribution in [1.29, 1.82) is 5.26 Å². The lowest BCUT2D eigenvalue weighted by molar-refractivity contribution is -0.137. The van der Waals surface area contributed by atoms with E-state index in [1.165, 1.54) is 6.08 Å². The molecule has 5 heteroatoms. The maximum Gasteiger partial charge on any atom is 0.330 e. The second-order valence-electron chi connectivity index (χ2n) is 3.71. The van der Waals surface area contributed by atoms with Crippen LogP contribution in [0.3, 0.4) is 0 Å². The number of nitriles is 1. The van der Waals surface area contributed by atoms with E-state index in [0.717, 1.165) is 0 Å². The monoisotopic (exact) mass is 229 g/mol.